The average Bonchev–Trinajstić information content (AvgIpc) is 2.75. The Morgan fingerprint density at radius 3 is 2.33 bits per heavy atom. The summed E-state index contributed by atoms with van der Waals surface area (Å²) in [4.78, 5) is 4.26. The Balaban J connectivity index is 2.35. The molecule has 0 aliphatic rings. The predicted molar refractivity (Wildman–Crippen MR) is 71.5 cm³/mol. The van der Waals surface area contributed by atoms with E-state index in [1.54, 1.807) is 18.2 Å². The number of rotatable bonds is 3. The van der Waals surface area contributed by atoms with Crippen molar-refractivity contribution < 1.29 is 4.52 Å². The summed E-state index contributed by atoms with van der Waals surface area (Å²) in [6.45, 7) is 3.98. The van der Waals surface area contributed by atoms with Crippen molar-refractivity contribution >= 4 is 23.2 Å². The molecule has 1 aromatic heterocycles. The minimum Gasteiger partial charge on any atom is -0.337 e. The van der Waals surface area contributed by atoms with Crippen LogP contribution in [0.1, 0.15) is 25.8 Å². The lowest BCUT2D eigenvalue weighted by Gasteiger charge is -2.09. The van der Waals surface area contributed by atoms with Crippen molar-refractivity contribution in [3.05, 3.63) is 34.1 Å². The van der Waals surface area contributed by atoms with Crippen LogP contribution in [0.15, 0.2) is 22.7 Å². The van der Waals surface area contributed by atoms with Crippen molar-refractivity contribution in [1.82, 2.24) is 10.1 Å². The van der Waals surface area contributed by atoms with Crippen LogP contribution < -0.4 is 5.73 Å². The van der Waals surface area contributed by atoms with E-state index in [2.05, 4.69) is 10.1 Å². The zero-order chi connectivity index (χ0) is 13.3. The van der Waals surface area contributed by atoms with Crippen molar-refractivity contribution in [3.8, 4) is 11.4 Å². The molecule has 4 nitrogen and oxygen atoms in total. The molecule has 1 heterocycles. The fourth-order valence-corrected chi connectivity index (χ4v) is 1.98. The Labute approximate surface area is 115 Å². The lowest BCUT2D eigenvalue weighted by Crippen LogP contribution is -2.16. The maximum atomic E-state index is 5.94. The molecule has 2 aromatic rings. The molecule has 0 spiro atoms. The van der Waals surface area contributed by atoms with Crippen LogP contribution in [0, 0.1) is 5.92 Å². The van der Waals surface area contributed by atoms with E-state index >= 15 is 0 Å². The maximum absolute atomic E-state index is 5.94. The van der Waals surface area contributed by atoms with E-state index in [-0.39, 0.29) is 12.0 Å². The Hall–Kier alpha value is -1.10. The van der Waals surface area contributed by atoms with Crippen LogP contribution in [-0.2, 0) is 0 Å². The molecule has 2 N–H and O–H groups in total. The Bertz CT molecular complexity index is 534. The number of halogens is 2. The molecule has 1 aromatic carbocycles. The van der Waals surface area contributed by atoms with Gasteiger partial charge in [-0.15, -0.1) is 0 Å². The summed E-state index contributed by atoms with van der Waals surface area (Å²) in [5, 5.41) is 4.94. The van der Waals surface area contributed by atoms with Crippen LogP contribution in [0.3, 0.4) is 0 Å². The normalized spacial score (nSPS) is 13.0. The van der Waals surface area contributed by atoms with Gasteiger partial charge in [0.2, 0.25) is 11.7 Å². The largest absolute Gasteiger partial charge is 0.337 e. The average molecular weight is 286 g/mol. The first-order chi connectivity index (χ1) is 8.47. The third kappa shape index (κ3) is 2.83. The maximum Gasteiger partial charge on any atom is 0.244 e. The van der Waals surface area contributed by atoms with Crippen LogP contribution >= 0.6 is 23.2 Å². The highest BCUT2D eigenvalue weighted by Gasteiger charge is 2.18. The van der Waals surface area contributed by atoms with Gasteiger partial charge in [0.05, 0.1) is 6.04 Å². The van der Waals surface area contributed by atoms with Crippen molar-refractivity contribution in [2.24, 2.45) is 11.7 Å². The van der Waals surface area contributed by atoms with Crippen LogP contribution in [-0.4, -0.2) is 10.1 Å². The molecule has 0 radical (unpaired) electrons. The highest BCUT2D eigenvalue weighted by Crippen LogP contribution is 2.26. The molecule has 0 bridgehead atoms. The zero-order valence-corrected chi connectivity index (χ0v) is 11.5. The molecule has 2 rings (SSSR count). The van der Waals surface area contributed by atoms with Gasteiger partial charge in [-0.1, -0.05) is 42.2 Å². The lowest BCUT2D eigenvalue weighted by molar-refractivity contribution is 0.325. The van der Waals surface area contributed by atoms with Crippen LogP contribution in [0.25, 0.3) is 11.4 Å². The van der Waals surface area contributed by atoms with E-state index in [1.165, 1.54) is 0 Å². The van der Waals surface area contributed by atoms with Gasteiger partial charge < -0.3 is 10.3 Å². The first-order valence-corrected chi connectivity index (χ1v) is 6.28. The van der Waals surface area contributed by atoms with Crippen LogP contribution in [0.2, 0.25) is 10.0 Å². The molecule has 0 saturated carbocycles. The van der Waals surface area contributed by atoms with Gasteiger partial charge >= 0.3 is 0 Å². The summed E-state index contributed by atoms with van der Waals surface area (Å²) in [6.07, 6.45) is 0. The van der Waals surface area contributed by atoms with E-state index in [0.717, 1.165) is 0 Å². The molecule has 6 heteroatoms. The van der Waals surface area contributed by atoms with Gasteiger partial charge in [0.25, 0.3) is 0 Å². The number of benzene rings is 1. The third-order valence-electron chi connectivity index (χ3n) is 2.57. The molecule has 96 valence electrons. The summed E-state index contributed by atoms with van der Waals surface area (Å²) in [5.41, 5.74) is 6.65. The molecular weight excluding hydrogens is 273 g/mol. The monoisotopic (exact) mass is 285 g/mol. The van der Waals surface area contributed by atoms with Crippen molar-refractivity contribution in [2.45, 2.75) is 19.9 Å². The van der Waals surface area contributed by atoms with Gasteiger partial charge in [-0.2, -0.15) is 4.98 Å². The Morgan fingerprint density at radius 1 is 1.17 bits per heavy atom. The third-order valence-corrected chi connectivity index (χ3v) is 3.00. The van der Waals surface area contributed by atoms with Crippen LogP contribution in [0.4, 0.5) is 0 Å². The van der Waals surface area contributed by atoms with Gasteiger partial charge in [-0.3, -0.25) is 0 Å². The highest BCUT2D eigenvalue weighted by molar-refractivity contribution is 6.35. The number of nitrogens with zero attached hydrogens (tertiary/aromatic N) is 2. The minimum atomic E-state index is -0.277. The number of hydrogen-bond donors (Lipinski definition) is 1. The summed E-state index contributed by atoms with van der Waals surface area (Å²) < 4.78 is 5.15. The molecule has 0 fully saturated rings. The van der Waals surface area contributed by atoms with E-state index in [1.807, 2.05) is 13.8 Å². The molecule has 0 amide bonds. The Kier molecular flexibility index (Phi) is 3.90. The van der Waals surface area contributed by atoms with E-state index in [9.17, 15) is 0 Å². The molecule has 0 aliphatic carbocycles. The SMILES string of the molecule is CC(C)C(N)c1nc(-c2cc(Cl)cc(Cl)c2)no1. The van der Waals surface area contributed by atoms with Crippen LogP contribution in [0.5, 0.6) is 0 Å². The van der Waals surface area contributed by atoms with Gasteiger partial charge in [0.1, 0.15) is 0 Å². The molecule has 0 aliphatic heterocycles. The first-order valence-electron chi connectivity index (χ1n) is 5.53. The summed E-state index contributed by atoms with van der Waals surface area (Å²) in [5.74, 6) is 1.07. The molecule has 1 atom stereocenters. The smallest absolute Gasteiger partial charge is 0.244 e. The summed E-state index contributed by atoms with van der Waals surface area (Å²) in [6, 6.07) is 4.82. The number of hydrogen-bond acceptors (Lipinski definition) is 4. The lowest BCUT2D eigenvalue weighted by atomic mass is 10.1. The summed E-state index contributed by atoms with van der Waals surface area (Å²) in [7, 11) is 0. The predicted octanol–water partition coefficient (Wildman–Crippen LogP) is 3.70. The van der Waals surface area contributed by atoms with E-state index in [0.29, 0.717) is 27.3 Å². The highest BCUT2D eigenvalue weighted by atomic mass is 35.5. The van der Waals surface area contributed by atoms with Gasteiger partial charge in [-0.25, -0.2) is 0 Å². The molecule has 1 unspecified atom stereocenters. The van der Waals surface area contributed by atoms with Crippen molar-refractivity contribution in [3.63, 3.8) is 0 Å². The first kappa shape index (κ1) is 13.3. The van der Waals surface area contributed by atoms with E-state index < -0.39 is 0 Å². The zero-order valence-electron chi connectivity index (χ0n) is 10.0. The summed E-state index contributed by atoms with van der Waals surface area (Å²) >= 11 is 11.8. The minimum absolute atomic E-state index is 0.223. The van der Waals surface area contributed by atoms with Gasteiger partial charge in [-0.05, 0) is 24.1 Å². The topological polar surface area (TPSA) is 64.9 Å². The van der Waals surface area contributed by atoms with Gasteiger partial charge in [0, 0.05) is 15.6 Å². The van der Waals surface area contributed by atoms with E-state index in [4.69, 9.17) is 33.5 Å². The fraction of sp³-hybridized carbons (Fsp3) is 0.333. The van der Waals surface area contributed by atoms with Gasteiger partial charge in [0.15, 0.2) is 0 Å². The Morgan fingerprint density at radius 2 is 1.78 bits per heavy atom. The molecule has 18 heavy (non-hydrogen) atoms. The standard InChI is InChI=1S/C12H13Cl2N3O/c1-6(2)10(15)12-16-11(17-18-12)7-3-8(13)5-9(14)4-7/h3-6,10H,15H2,1-2H3. The number of aromatic nitrogens is 2. The molecular formula is C12H13Cl2N3O. The second-order valence-electron chi connectivity index (χ2n) is 4.38. The fourth-order valence-electron chi connectivity index (χ4n) is 1.46. The quantitative estimate of drug-likeness (QED) is 0.934. The second-order valence-corrected chi connectivity index (χ2v) is 5.26. The number of nitrogens with two attached hydrogens (primary N) is 1. The van der Waals surface area contributed by atoms with Crippen molar-refractivity contribution in [2.75, 3.05) is 0 Å². The molecule has 0 saturated heterocycles. The van der Waals surface area contributed by atoms with Crippen molar-refractivity contribution in [1.29, 1.82) is 0 Å². The second kappa shape index (κ2) is 5.26.